The summed E-state index contributed by atoms with van der Waals surface area (Å²) in [5.74, 6) is 0.986. The largest absolute Gasteiger partial charge is 0.379 e. The van der Waals surface area contributed by atoms with E-state index in [1.165, 1.54) is 11.3 Å². The fraction of sp³-hybridized carbons (Fsp3) is 0.667. The fourth-order valence-corrected chi connectivity index (χ4v) is 4.15. The smallest absolute Gasteiger partial charge is 0.193 e. The van der Waals surface area contributed by atoms with Crippen LogP contribution in [0.2, 0.25) is 4.34 Å². The minimum absolute atomic E-state index is 0.624. The minimum atomic E-state index is 0.624. The van der Waals surface area contributed by atoms with Crippen molar-refractivity contribution in [1.82, 2.24) is 15.1 Å². The maximum Gasteiger partial charge on any atom is 0.193 e. The molecule has 3 heterocycles. The molecule has 0 amide bonds. The van der Waals surface area contributed by atoms with Gasteiger partial charge in [-0.1, -0.05) is 11.6 Å². The van der Waals surface area contributed by atoms with Crippen molar-refractivity contribution in [1.29, 1.82) is 0 Å². The number of halogens is 1. The highest BCUT2D eigenvalue weighted by Crippen LogP contribution is 2.21. The Balaban J connectivity index is 1.51. The van der Waals surface area contributed by atoms with E-state index >= 15 is 0 Å². The molecule has 1 N–H and O–H groups in total. The lowest BCUT2D eigenvalue weighted by Gasteiger charge is -2.32. The van der Waals surface area contributed by atoms with Crippen LogP contribution in [0.1, 0.15) is 11.3 Å². The van der Waals surface area contributed by atoms with Gasteiger partial charge >= 0.3 is 0 Å². The van der Waals surface area contributed by atoms with Crippen LogP contribution >= 0.6 is 22.9 Å². The standard InChI is InChI=1S/C15H23ClN4OS/c1-17-15(18-10-13-2-3-14(16)22-13)20-5-4-12(11-20)19-6-8-21-9-7-19/h2-3,12H,4-11H2,1H3,(H,17,18). The fourth-order valence-electron chi connectivity index (χ4n) is 3.12. The average Bonchev–Trinajstić information content (AvgIpc) is 3.18. The molecule has 22 heavy (non-hydrogen) atoms. The number of nitrogens with zero attached hydrogens (tertiary/aromatic N) is 3. The lowest BCUT2D eigenvalue weighted by Crippen LogP contribution is -2.46. The van der Waals surface area contributed by atoms with Gasteiger partial charge in [-0.25, -0.2) is 0 Å². The molecule has 1 aromatic heterocycles. The minimum Gasteiger partial charge on any atom is -0.379 e. The molecule has 0 aliphatic carbocycles. The number of morpholine rings is 1. The van der Waals surface area contributed by atoms with E-state index in [9.17, 15) is 0 Å². The van der Waals surface area contributed by atoms with Gasteiger partial charge in [-0.05, 0) is 18.6 Å². The van der Waals surface area contributed by atoms with Crippen LogP contribution < -0.4 is 5.32 Å². The Hall–Kier alpha value is -0.820. The summed E-state index contributed by atoms with van der Waals surface area (Å²) in [4.78, 5) is 10.6. The predicted octanol–water partition coefficient (Wildman–Crippen LogP) is 1.88. The Morgan fingerprint density at radius 3 is 2.91 bits per heavy atom. The highest BCUT2D eigenvalue weighted by Gasteiger charge is 2.30. The zero-order valence-corrected chi connectivity index (χ0v) is 14.5. The molecule has 122 valence electrons. The van der Waals surface area contributed by atoms with E-state index in [0.29, 0.717) is 6.04 Å². The summed E-state index contributed by atoms with van der Waals surface area (Å²) in [5, 5.41) is 3.45. The summed E-state index contributed by atoms with van der Waals surface area (Å²) in [7, 11) is 1.85. The molecule has 3 rings (SSSR count). The van der Waals surface area contributed by atoms with E-state index in [-0.39, 0.29) is 0 Å². The second-order valence-electron chi connectivity index (χ2n) is 5.64. The second-order valence-corrected chi connectivity index (χ2v) is 7.44. The van der Waals surface area contributed by atoms with Gasteiger partial charge in [0.2, 0.25) is 0 Å². The quantitative estimate of drug-likeness (QED) is 0.672. The highest BCUT2D eigenvalue weighted by molar-refractivity contribution is 7.16. The molecule has 2 fully saturated rings. The Morgan fingerprint density at radius 1 is 1.41 bits per heavy atom. The third-order valence-corrected chi connectivity index (χ3v) is 5.52. The molecule has 0 saturated carbocycles. The summed E-state index contributed by atoms with van der Waals surface area (Å²) < 4.78 is 6.28. The van der Waals surface area contributed by atoms with Gasteiger partial charge in [-0.15, -0.1) is 11.3 Å². The van der Waals surface area contributed by atoms with Gasteiger partial charge in [-0.3, -0.25) is 9.89 Å². The SMILES string of the molecule is CN=C(NCc1ccc(Cl)s1)N1CCC(N2CCOCC2)C1. The predicted molar refractivity (Wildman–Crippen MR) is 91.9 cm³/mol. The molecule has 0 radical (unpaired) electrons. The van der Waals surface area contributed by atoms with Crippen molar-refractivity contribution >= 4 is 28.9 Å². The van der Waals surface area contributed by atoms with Gasteiger partial charge < -0.3 is 15.0 Å². The van der Waals surface area contributed by atoms with Crippen molar-refractivity contribution < 1.29 is 4.74 Å². The van der Waals surface area contributed by atoms with E-state index in [1.807, 2.05) is 13.1 Å². The van der Waals surface area contributed by atoms with Crippen molar-refractivity contribution in [3.8, 4) is 0 Å². The van der Waals surface area contributed by atoms with Gasteiger partial charge in [0, 0.05) is 44.1 Å². The van der Waals surface area contributed by atoms with Crippen molar-refractivity contribution in [2.45, 2.75) is 19.0 Å². The van der Waals surface area contributed by atoms with Crippen LogP contribution in [0.25, 0.3) is 0 Å². The third kappa shape index (κ3) is 3.93. The number of nitrogens with one attached hydrogen (secondary N) is 1. The lowest BCUT2D eigenvalue weighted by molar-refractivity contribution is 0.0195. The van der Waals surface area contributed by atoms with E-state index in [2.05, 4.69) is 26.2 Å². The zero-order chi connectivity index (χ0) is 15.4. The molecular weight excluding hydrogens is 320 g/mol. The zero-order valence-electron chi connectivity index (χ0n) is 12.9. The summed E-state index contributed by atoms with van der Waals surface area (Å²) in [6.07, 6.45) is 1.20. The molecular formula is C15H23ClN4OS. The van der Waals surface area contributed by atoms with E-state index in [0.717, 1.165) is 56.2 Å². The van der Waals surface area contributed by atoms with Gasteiger partial charge in [0.1, 0.15) is 0 Å². The van der Waals surface area contributed by atoms with Crippen LogP contribution in [0.3, 0.4) is 0 Å². The molecule has 1 aromatic rings. The number of rotatable bonds is 3. The summed E-state index contributed by atoms with van der Waals surface area (Å²) in [6, 6.07) is 4.63. The molecule has 0 aromatic carbocycles. The average molecular weight is 343 g/mol. The third-order valence-electron chi connectivity index (χ3n) is 4.29. The molecule has 7 heteroatoms. The summed E-state index contributed by atoms with van der Waals surface area (Å²) >= 11 is 7.59. The molecule has 2 aliphatic heterocycles. The maximum absolute atomic E-state index is 5.98. The number of hydrogen-bond acceptors (Lipinski definition) is 4. The molecule has 1 unspecified atom stereocenters. The van der Waals surface area contributed by atoms with E-state index in [4.69, 9.17) is 16.3 Å². The summed E-state index contributed by atoms with van der Waals surface area (Å²) in [5.41, 5.74) is 0. The Labute approximate surface area is 140 Å². The lowest BCUT2D eigenvalue weighted by atomic mass is 10.2. The molecule has 5 nitrogen and oxygen atoms in total. The molecule has 0 bridgehead atoms. The van der Waals surface area contributed by atoms with Crippen LogP contribution in [0, 0.1) is 0 Å². The second kappa shape index (κ2) is 7.64. The maximum atomic E-state index is 5.98. The van der Waals surface area contributed by atoms with Crippen molar-refractivity contribution in [3.05, 3.63) is 21.3 Å². The Bertz CT molecular complexity index is 515. The first kappa shape index (κ1) is 16.1. The first-order chi connectivity index (χ1) is 10.8. The monoisotopic (exact) mass is 342 g/mol. The molecule has 1 atom stereocenters. The van der Waals surface area contributed by atoms with Crippen molar-refractivity contribution in [2.24, 2.45) is 4.99 Å². The van der Waals surface area contributed by atoms with E-state index in [1.54, 1.807) is 11.3 Å². The van der Waals surface area contributed by atoms with Crippen molar-refractivity contribution in [2.75, 3.05) is 46.4 Å². The number of ether oxygens (including phenoxy) is 1. The van der Waals surface area contributed by atoms with Crippen LogP contribution in [0.5, 0.6) is 0 Å². The number of hydrogen-bond donors (Lipinski definition) is 1. The van der Waals surface area contributed by atoms with Crippen LogP contribution in [0.15, 0.2) is 17.1 Å². The number of likely N-dealkylation sites (tertiary alicyclic amines) is 1. The Morgan fingerprint density at radius 2 is 2.23 bits per heavy atom. The van der Waals surface area contributed by atoms with Gasteiger partial charge in [-0.2, -0.15) is 0 Å². The first-order valence-electron chi connectivity index (χ1n) is 7.78. The number of aliphatic imine (C=N–C) groups is 1. The Kier molecular flexibility index (Phi) is 5.57. The van der Waals surface area contributed by atoms with Crippen LogP contribution in [-0.2, 0) is 11.3 Å². The van der Waals surface area contributed by atoms with Gasteiger partial charge in [0.15, 0.2) is 5.96 Å². The molecule has 0 spiro atoms. The normalized spacial score (nSPS) is 24.0. The van der Waals surface area contributed by atoms with E-state index < -0.39 is 0 Å². The van der Waals surface area contributed by atoms with Gasteiger partial charge in [0.05, 0.1) is 24.1 Å². The highest BCUT2D eigenvalue weighted by atomic mass is 35.5. The van der Waals surface area contributed by atoms with Crippen molar-refractivity contribution in [3.63, 3.8) is 0 Å². The number of thiophene rings is 1. The topological polar surface area (TPSA) is 40.1 Å². The van der Waals surface area contributed by atoms with Crippen LogP contribution in [0.4, 0.5) is 0 Å². The molecule has 2 saturated heterocycles. The van der Waals surface area contributed by atoms with Gasteiger partial charge in [0.25, 0.3) is 0 Å². The van der Waals surface area contributed by atoms with Crippen LogP contribution in [-0.4, -0.2) is 68.2 Å². The first-order valence-corrected chi connectivity index (χ1v) is 8.97. The number of guanidine groups is 1. The summed E-state index contributed by atoms with van der Waals surface area (Å²) in [6.45, 7) is 6.72. The molecule has 2 aliphatic rings.